The van der Waals surface area contributed by atoms with E-state index in [9.17, 15) is 19.7 Å². The lowest BCUT2D eigenvalue weighted by atomic mass is 10.1. The lowest BCUT2D eigenvalue weighted by Gasteiger charge is -2.03. The Morgan fingerprint density at radius 1 is 0.735 bits per heavy atom. The number of hydrogen-bond acceptors (Lipinski definition) is 5. The molecule has 6 nitrogen and oxygen atoms in total. The van der Waals surface area contributed by atoms with E-state index in [2.05, 4.69) is 35.5 Å². The van der Waals surface area contributed by atoms with Crippen molar-refractivity contribution < 1.29 is 9.90 Å². The van der Waals surface area contributed by atoms with Gasteiger partial charge in [-0.15, -0.1) is 4.91 Å². The summed E-state index contributed by atoms with van der Waals surface area (Å²) in [6.45, 7) is 2.23. The first-order valence-electron chi connectivity index (χ1n) is 12.8. The second-order valence-electron chi connectivity index (χ2n) is 8.39. The third-order valence-electron chi connectivity index (χ3n) is 5.22. The van der Waals surface area contributed by atoms with Crippen LogP contribution < -0.4 is 0 Å². The minimum Gasteiger partial charge on any atom is -0.392 e. The first-order valence-corrected chi connectivity index (χ1v) is 12.8. The predicted molar refractivity (Wildman–Crippen MR) is 142 cm³/mol. The van der Waals surface area contributed by atoms with Crippen molar-refractivity contribution in [2.24, 2.45) is 10.4 Å². The van der Waals surface area contributed by atoms with Gasteiger partial charge in [-0.3, -0.25) is 4.79 Å². The monoisotopic (exact) mass is 472 g/mol. The van der Waals surface area contributed by atoms with Crippen LogP contribution in [0.4, 0.5) is 0 Å². The minimum atomic E-state index is -0.656. The summed E-state index contributed by atoms with van der Waals surface area (Å²) in [6, 6.07) is -0.340. The molecule has 34 heavy (non-hydrogen) atoms. The maximum Gasteiger partial charge on any atom is 0.286 e. The van der Waals surface area contributed by atoms with Crippen LogP contribution in [-0.4, -0.2) is 23.2 Å². The lowest BCUT2D eigenvalue weighted by Crippen LogP contribution is -2.02. The highest BCUT2D eigenvalue weighted by atomic mass is 16.3. The molecule has 0 bridgehead atoms. The third kappa shape index (κ3) is 22.7. The minimum absolute atomic E-state index is 0.103. The van der Waals surface area contributed by atoms with Crippen molar-refractivity contribution in [2.75, 3.05) is 0 Å². The van der Waals surface area contributed by atoms with Crippen molar-refractivity contribution in [1.29, 1.82) is 0 Å². The average molecular weight is 473 g/mol. The predicted octanol–water partition coefficient (Wildman–Crippen LogP) is 8.04. The van der Waals surface area contributed by atoms with E-state index in [0.29, 0.717) is 32.1 Å². The molecular formula is C28H44N2O4. The summed E-state index contributed by atoms with van der Waals surface area (Å²) in [4.78, 5) is 31.7. The molecule has 6 heteroatoms. The molecular weight excluding hydrogens is 428 g/mol. The van der Waals surface area contributed by atoms with Crippen molar-refractivity contribution in [3.05, 3.63) is 70.6 Å². The van der Waals surface area contributed by atoms with Crippen molar-refractivity contribution in [3.8, 4) is 0 Å². The van der Waals surface area contributed by atoms with E-state index >= 15 is 0 Å². The number of amides is 1. The fourth-order valence-corrected chi connectivity index (χ4v) is 3.17. The molecule has 2 atom stereocenters. The number of carbonyl (C=O) groups is 1. The van der Waals surface area contributed by atoms with Gasteiger partial charge in [0, 0.05) is 11.6 Å². The zero-order valence-electron chi connectivity index (χ0n) is 20.9. The molecule has 0 aliphatic carbocycles. The molecule has 0 spiro atoms. The molecule has 1 amide bonds. The van der Waals surface area contributed by atoms with E-state index in [4.69, 9.17) is 0 Å². The molecule has 190 valence electrons. The van der Waals surface area contributed by atoms with E-state index in [1.165, 1.54) is 32.1 Å². The van der Waals surface area contributed by atoms with Crippen LogP contribution in [0.5, 0.6) is 0 Å². The Morgan fingerprint density at radius 3 is 1.91 bits per heavy atom. The standard InChI is InChI=1S/C28H44N2O4/c1-2-3-4-5-6-7-8-9-10-11-12-16-21-26(29-33)22-17-13-14-18-23-27(31)24-19-15-20-25-28(32)30-34/h6-7,12,14-19,22,26-27,31H,2-5,8-11,13,20-21,23-25H2,1H3/b7-6-,16-12-,18-14-,19-15-,22-17-. The van der Waals surface area contributed by atoms with E-state index < -0.39 is 12.0 Å². The van der Waals surface area contributed by atoms with Crippen molar-refractivity contribution >= 4 is 5.91 Å². The number of nitrogens with zero attached hydrogens (tertiary/aromatic N) is 2. The van der Waals surface area contributed by atoms with Crippen LogP contribution in [0.25, 0.3) is 0 Å². The van der Waals surface area contributed by atoms with Crippen molar-refractivity contribution in [3.63, 3.8) is 0 Å². The molecule has 0 aliphatic rings. The van der Waals surface area contributed by atoms with Gasteiger partial charge in [0.1, 0.15) is 6.04 Å². The largest absolute Gasteiger partial charge is 0.392 e. The zero-order valence-corrected chi connectivity index (χ0v) is 20.9. The van der Waals surface area contributed by atoms with Gasteiger partial charge in [-0.25, -0.2) is 0 Å². The summed E-state index contributed by atoms with van der Waals surface area (Å²) in [5.74, 6) is -0.656. The van der Waals surface area contributed by atoms with Gasteiger partial charge in [-0.2, -0.15) is 4.91 Å². The van der Waals surface area contributed by atoms with Gasteiger partial charge < -0.3 is 5.11 Å². The molecule has 0 aromatic rings. The van der Waals surface area contributed by atoms with Gasteiger partial charge in [0.15, 0.2) is 0 Å². The Bertz CT molecular complexity index is 665. The van der Waals surface area contributed by atoms with Gasteiger partial charge in [-0.1, -0.05) is 85.7 Å². The molecule has 0 aromatic carbocycles. The summed E-state index contributed by atoms with van der Waals surface area (Å²) in [5.41, 5.74) is 0. The third-order valence-corrected chi connectivity index (χ3v) is 5.22. The summed E-state index contributed by atoms with van der Waals surface area (Å²) in [7, 11) is 0. The summed E-state index contributed by atoms with van der Waals surface area (Å²) < 4.78 is 0. The molecule has 1 N–H and O–H groups in total. The molecule has 0 rings (SSSR count). The second-order valence-corrected chi connectivity index (χ2v) is 8.39. The number of unbranched alkanes of at least 4 members (excludes halogenated alkanes) is 6. The maximum absolute atomic E-state index is 11.0. The summed E-state index contributed by atoms with van der Waals surface area (Å²) in [5, 5.41) is 15.4. The SMILES string of the molecule is CCCCC/C=C\CCCC/C=C\CC(/C=C\C/C=C\CC(O)C/C=C\CCC(=O)N=O)N=O. The Kier molecular flexibility index (Phi) is 23.3. The Balaban J connectivity index is 3.83. The Labute approximate surface area is 205 Å². The van der Waals surface area contributed by atoms with E-state index in [-0.39, 0.29) is 12.5 Å². The van der Waals surface area contributed by atoms with Crippen LogP contribution in [-0.2, 0) is 4.79 Å². The molecule has 0 aliphatic heterocycles. The van der Waals surface area contributed by atoms with Gasteiger partial charge in [0.2, 0.25) is 0 Å². The lowest BCUT2D eigenvalue weighted by molar-refractivity contribution is -0.117. The topological polar surface area (TPSA) is 96.2 Å². The molecule has 0 aromatic heterocycles. The highest BCUT2D eigenvalue weighted by molar-refractivity contribution is 5.76. The number of allylic oxidation sites excluding steroid dienone is 6. The van der Waals surface area contributed by atoms with Crippen LogP contribution in [0.2, 0.25) is 0 Å². The highest BCUT2D eigenvalue weighted by Crippen LogP contribution is 2.08. The van der Waals surface area contributed by atoms with Crippen LogP contribution in [0.3, 0.4) is 0 Å². The molecule has 0 saturated heterocycles. The van der Waals surface area contributed by atoms with E-state index in [1.807, 2.05) is 30.4 Å². The van der Waals surface area contributed by atoms with Crippen LogP contribution >= 0.6 is 0 Å². The molecule has 0 heterocycles. The van der Waals surface area contributed by atoms with Gasteiger partial charge in [-0.05, 0) is 70.6 Å². The quantitative estimate of drug-likeness (QED) is 0.0979. The highest BCUT2D eigenvalue weighted by Gasteiger charge is 2.01. The number of carbonyl (C=O) groups excluding carboxylic acids is 1. The molecule has 2 unspecified atom stereocenters. The maximum atomic E-state index is 11.0. The van der Waals surface area contributed by atoms with Crippen molar-refractivity contribution in [1.82, 2.24) is 0 Å². The zero-order chi connectivity index (χ0) is 25.1. The van der Waals surface area contributed by atoms with Gasteiger partial charge >= 0.3 is 0 Å². The molecule has 0 saturated carbocycles. The van der Waals surface area contributed by atoms with Gasteiger partial charge in [0.25, 0.3) is 5.91 Å². The fourth-order valence-electron chi connectivity index (χ4n) is 3.17. The number of rotatable bonds is 22. The second kappa shape index (κ2) is 25.2. The molecule has 0 fully saturated rings. The Hall–Kier alpha value is -2.47. The van der Waals surface area contributed by atoms with Crippen LogP contribution in [0, 0.1) is 9.81 Å². The van der Waals surface area contributed by atoms with Crippen LogP contribution in [0.15, 0.2) is 71.1 Å². The number of aliphatic hydroxyl groups excluding tert-OH is 1. The Morgan fingerprint density at radius 2 is 1.29 bits per heavy atom. The fraction of sp³-hybridized carbons (Fsp3) is 0.607. The molecule has 0 radical (unpaired) electrons. The average Bonchev–Trinajstić information content (AvgIpc) is 2.84. The first kappa shape index (κ1) is 31.5. The number of aliphatic hydroxyl groups is 1. The van der Waals surface area contributed by atoms with Crippen molar-refractivity contribution in [2.45, 2.75) is 109 Å². The van der Waals surface area contributed by atoms with Gasteiger partial charge in [0.05, 0.1) is 6.10 Å². The normalized spacial score (nSPS) is 14.2. The summed E-state index contributed by atoms with van der Waals surface area (Å²) in [6.07, 6.45) is 32.0. The van der Waals surface area contributed by atoms with E-state index in [0.717, 1.165) is 19.3 Å². The smallest absolute Gasteiger partial charge is 0.286 e. The first-order chi connectivity index (χ1) is 16.6. The van der Waals surface area contributed by atoms with Crippen LogP contribution in [0.1, 0.15) is 96.8 Å². The van der Waals surface area contributed by atoms with E-state index in [1.54, 1.807) is 12.2 Å². The number of hydrogen-bond donors (Lipinski definition) is 1. The number of nitroso groups, excluding NO2 is 2. The summed E-state index contributed by atoms with van der Waals surface area (Å²) >= 11 is 0.